The van der Waals surface area contributed by atoms with E-state index >= 15 is 0 Å². The fraction of sp³-hybridized carbons (Fsp3) is 0.533. The number of hydrogen-bond acceptors (Lipinski definition) is 3. The van der Waals surface area contributed by atoms with Crippen molar-refractivity contribution in [3.63, 3.8) is 0 Å². The predicted octanol–water partition coefficient (Wildman–Crippen LogP) is 2.65. The molecule has 0 radical (unpaired) electrons. The SMILES string of the molecule is CCOc1ccccc1C(C)(O)C(C(=O)O)C(C)C. The number of rotatable bonds is 6. The number of para-hydroxylation sites is 1. The van der Waals surface area contributed by atoms with Gasteiger partial charge >= 0.3 is 5.97 Å². The van der Waals surface area contributed by atoms with Gasteiger partial charge in [-0.25, -0.2) is 0 Å². The highest BCUT2D eigenvalue weighted by molar-refractivity contribution is 5.72. The Bertz CT molecular complexity index is 438. The van der Waals surface area contributed by atoms with Crippen molar-refractivity contribution in [2.24, 2.45) is 11.8 Å². The molecule has 106 valence electrons. The van der Waals surface area contributed by atoms with E-state index < -0.39 is 17.5 Å². The third kappa shape index (κ3) is 3.26. The van der Waals surface area contributed by atoms with Crippen LogP contribution in [0.15, 0.2) is 24.3 Å². The monoisotopic (exact) mass is 266 g/mol. The van der Waals surface area contributed by atoms with E-state index in [1.54, 1.807) is 38.1 Å². The fourth-order valence-electron chi connectivity index (χ4n) is 2.51. The highest BCUT2D eigenvalue weighted by Crippen LogP contribution is 2.39. The molecule has 0 bridgehead atoms. The number of carbonyl (C=O) groups is 1. The quantitative estimate of drug-likeness (QED) is 0.830. The van der Waals surface area contributed by atoms with E-state index in [2.05, 4.69) is 0 Å². The third-order valence-electron chi connectivity index (χ3n) is 3.27. The Morgan fingerprint density at radius 2 is 1.95 bits per heavy atom. The molecular weight excluding hydrogens is 244 g/mol. The number of benzene rings is 1. The van der Waals surface area contributed by atoms with Crippen molar-refractivity contribution in [2.75, 3.05) is 6.61 Å². The maximum Gasteiger partial charge on any atom is 0.310 e. The number of hydrogen-bond donors (Lipinski definition) is 2. The summed E-state index contributed by atoms with van der Waals surface area (Å²) in [5.41, 5.74) is -0.968. The average Bonchev–Trinajstić information content (AvgIpc) is 2.28. The van der Waals surface area contributed by atoms with E-state index in [9.17, 15) is 15.0 Å². The molecule has 1 rings (SSSR count). The second kappa shape index (κ2) is 6.06. The van der Waals surface area contributed by atoms with E-state index in [0.717, 1.165) is 0 Å². The lowest BCUT2D eigenvalue weighted by Crippen LogP contribution is -2.40. The number of aliphatic hydroxyl groups is 1. The van der Waals surface area contributed by atoms with E-state index in [-0.39, 0.29) is 5.92 Å². The molecule has 2 unspecified atom stereocenters. The Balaban J connectivity index is 3.28. The summed E-state index contributed by atoms with van der Waals surface area (Å²) in [6.07, 6.45) is 0. The number of ether oxygens (including phenoxy) is 1. The topological polar surface area (TPSA) is 66.8 Å². The van der Waals surface area contributed by atoms with Gasteiger partial charge in [-0.3, -0.25) is 4.79 Å². The van der Waals surface area contributed by atoms with Crippen LogP contribution in [0.4, 0.5) is 0 Å². The van der Waals surface area contributed by atoms with Crippen LogP contribution in [-0.4, -0.2) is 22.8 Å². The minimum atomic E-state index is -1.48. The molecule has 2 atom stereocenters. The van der Waals surface area contributed by atoms with Gasteiger partial charge in [-0.2, -0.15) is 0 Å². The molecule has 0 aliphatic carbocycles. The highest BCUT2D eigenvalue weighted by atomic mass is 16.5. The van der Waals surface area contributed by atoms with Crippen LogP contribution >= 0.6 is 0 Å². The number of aliphatic carboxylic acids is 1. The average molecular weight is 266 g/mol. The highest BCUT2D eigenvalue weighted by Gasteiger charge is 2.42. The smallest absolute Gasteiger partial charge is 0.310 e. The lowest BCUT2D eigenvalue weighted by molar-refractivity contribution is -0.155. The van der Waals surface area contributed by atoms with E-state index in [4.69, 9.17) is 4.74 Å². The fourth-order valence-corrected chi connectivity index (χ4v) is 2.51. The summed E-state index contributed by atoms with van der Waals surface area (Å²) in [5, 5.41) is 20.1. The molecule has 0 aromatic heterocycles. The van der Waals surface area contributed by atoms with Gasteiger partial charge in [-0.05, 0) is 25.8 Å². The van der Waals surface area contributed by atoms with Crippen molar-refractivity contribution in [3.8, 4) is 5.75 Å². The van der Waals surface area contributed by atoms with Crippen LogP contribution in [0.3, 0.4) is 0 Å². The zero-order valence-electron chi connectivity index (χ0n) is 11.9. The largest absolute Gasteiger partial charge is 0.493 e. The van der Waals surface area contributed by atoms with Gasteiger partial charge in [0.2, 0.25) is 0 Å². The summed E-state index contributed by atoms with van der Waals surface area (Å²) in [6, 6.07) is 7.02. The van der Waals surface area contributed by atoms with Gasteiger partial charge in [0, 0.05) is 5.56 Å². The van der Waals surface area contributed by atoms with Crippen LogP contribution in [0, 0.1) is 11.8 Å². The lowest BCUT2D eigenvalue weighted by Gasteiger charge is -2.34. The van der Waals surface area contributed by atoms with Gasteiger partial charge in [0.25, 0.3) is 0 Å². The van der Waals surface area contributed by atoms with E-state index in [1.807, 2.05) is 6.92 Å². The van der Waals surface area contributed by atoms with Crippen LogP contribution in [-0.2, 0) is 10.4 Å². The predicted molar refractivity (Wildman–Crippen MR) is 73.1 cm³/mol. The van der Waals surface area contributed by atoms with Gasteiger partial charge in [0.05, 0.1) is 12.5 Å². The molecule has 0 amide bonds. The molecule has 0 fully saturated rings. The molecule has 0 saturated carbocycles. The van der Waals surface area contributed by atoms with Gasteiger partial charge < -0.3 is 14.9 Å². The molecule has 0 aliphatic heterocycles. The first-order valence-electron chi connectivity index (χ1n) is 6.49. The first-order valence-corrected chi connectivity index (χ1v) is 6.49. The molecule has 0 saturated heterocycles. The van der Waals surface area contributed by atoms with Crippen molar-refractivity contribution in [1.29, 1.82) is 0 Å². The molecular formula is C15H22O4. The van der Waals surface area contributed by atoms with E-state index in [0.29, 0.717) is 17.9 Å². The zero-order chi connectivity index (χ0) is 14.6. The van der Waals surface area contributed by atoms with Crippen LogP contribution < -0.4 is 4.74 Å². The van der Waals surface area contributed by atoms with Crippen LogP contribution in [0.2, 0.25) is 0 Å². The third-order valence-corrected chi connectivity index (χ3v) is 3.27. The van der Waals surface area contributed by atoms with Crippen molar-refractivity contribution < 1.29 is 19.7 Å². The second-order valence-corrected chi connectivity index (χ2v) is 5.14. The van der Waals surface area contributed by atoms with Crippen LogP contribution in [0.5, 0.6) is 5.75 Å². The summed E-state index contributed by atoms with van der Waals surface area (Å²) in [7, 11) is 0. The Morgan fingerprint density at radius 3 is 2.42 bits per heavy atom. The van der Waals surface area contributed by atoms with Crippen molar-refractivity contribution in [3.05, 3.63) is 29.8 Å². The van der Waals surface area contributed by atoms with Gasteiger partial charge in [-0.15, -0.1) is 0 Å². The van der Waals surface area contributed by atoms with Crippen LogP contribution in [0.1, 0.15) is 33.3 Å². The van der Waals surface area contributed by atoms with Crippen molar-refractivity contribution >= 4 is 5.97 Å². The molecule has 0 aliphatic rings. The Morgan fingerprint density at radius 1 is 1.37 bits per heavy atom. The van der Waals surface area contributed by atoms with Gasteiger partial charge in [0.1, 0.15) is 11.4 Å². The first kappa shape index (κ1) is 15.5. The molecule has 0 heterocycles. The van der Waals surface area contributed by atoms with Crippen molar-refractivity contribution in [1.82, 2.24) is 0 Å². The summed E-state index contributed by atoms with van der Waals surface area (Å²) in [6.45, 7) is 7.42. The van der Waals surface area contributed by atoms with Crippen LogP contribution in [0.25, 0.3) is 0 Å². The number of carboxylic acid groups (broad SMARTS) is 1. The molecule has 4 heteroatoms. The summed E-state index contributed by atoms with van der Waals surface area (Å²) in [5.74, 6) is -1.57. The Hall–Kier alpha value is -1.55. The lowest BCUT2D eigenvalue weighted by atomic mass is 9.76. The maximum absolute atomic E-state index is 11.4. The molecule has 4 nitrogen and oxygen atoms in total. The molecule has 1 aromatic carbocycles. The standard InChI is InChI=1S/C15H22O4/c1-5-19-12-9-7-6-8-11(12)15(4,18)13(10(2)3)14(16)17/h6-10,13,18H,5H2,1-4H3,(H,16,17). The summed E-state index contributed by atoms with van der Waals surface area (Å²) >= 11 is 0. The van der Waals surface area contributed by atoms with E-state index in [1.165, 1.54) is 6.92 Å². The minimum Gasteiger partial charge on any atom is -0.493 e. The first-order chi connectivity index (χ1) is 8.82. The Kier molecular flexibility index (Phi) is 4.95. The normalized spacial score (nSPS) is 15.9. The summed E-state index contributed by atoms with van der Waals surface area (Å²) in [4.78, 5) is 11.4. The second-order valence-electron chi connectivity index (χ2n) is 5.14. The molecule has 0 spiro atoms. The van der Waals surface area contributed by atoms with Gasteiger partial charge in [-0.1, -0.05) is 32.0 Å². The molecule has 1 aromatic rings. The zero-order valence-corrected chi connectivity index (χ0v) is 11.9. The summed E-state index contributed by atoms with van der Waals surface area (Å²) < 4.78 is 5.48. The Labute approximate surface area is 114 Å². The molecule has 2 N–H and O–H groups in total. The minimum absolute atomic E-state index is 0.192. The van der Waals surface area contributed by atoms with Gasteiger partial charge in [0.15, 0.2) is 0 Å². The molecule has 19 heavy (non-hydrogen) atoms. The number of carboxylic acids is 1. The maximum atomic E-state index is 11.4. The van der Waals surface area contributed by atoms with Crippen molar-refractivity contribution in [2.45, 2.75) is 33.3 Å².